The van der Waals surface area contributed by atoms with Crippen molar-refractivity contribution < 1.29 is 0 Å². The maximum Gasteiger partial charge on any atom is 0.0420 e. The van der Waals surface area contributed by atoms with E-state index in [0.29, 0.717) is 6.04 Å². The van der Waals surface area contributed by atoms with E-state index in [1.165, 1.54) is 41.9 Å². The Bertz CT molecular complexity index is 329. The first-order chi connectivity index (χ1) is 8.29. The van der Waals surface area contributed by atoms with Crippen LogP contribution in [0.3, 0.4) is 0 Å². The highest BCUT2D eigenvalue weighted by Crippen LogP contribution is 2.32. The van der Waals surface area contributed by atoms with Crippen LogP contribution in [0.4, 0.5) is 0 Å². The fraction of sp³-hybridized carbons (Fsp3) is 0.714. The zero-order valence-electron chi connectivity index (χ0n) is 10.9. The summed E-state index contributed by atoms with van der Waals surface area (Å²) in [5.74, 6) is 1.23. The Morgan fingerprint density at radius 3 is 2.82 bits per heavy atom. The maximum absolute atomic E-state index is 3.62. The third kappa shape index (κ3) is 4.01. The first kappa shape index (κ1) is 13.4. The van der Waals surface area contributed by atoms with Gasteiger partial charge in [-0.25, -0.2) is 0 Å². The highest BCUT2D eigenvalue weighted by atomic mass is 32.2. The van der Waals surface area contributed by atoms with Gasteiger partial charge in [-0.05, 0) is 43.3 Å². The average Bonchev–Trinajstić information content (AvgIpc) is 2.95. The predicted molar refractivity (Wildman–Crippen MR) is 80.2 cm³/mol. The topological polar surface area (TPSA) is 12.0 Å². The van der Waals surface area contributed by atoms with Gasteiger partial charge in [-0.2, -0.15) is 11.8 Å². The standard InChI is InChI=1S/C14H23NS2/c1-3-15-14(12-8-11(2)16-9-12)10-17-13-6-4-5-7-13/h8-9,13-15H,3-7,10H2,1-2H3. The molecule has 1 nitrogen and oxygen atoms in total. The number of hydrogen-bond donors (Lipinski definition) is 1. The summed E-state index contributed by atoms with van der Waals surface area (Å²) >= 11 is 4.05. The van der Waals surface area contributed by atoms with Crippen LogP contribution in [0, 0.1) is 6.92 Å². The molecule has 1 saturated carbocycles. The normalized spacial score (nSPS) is 18.7. The zero-order chi connectivity index (χ0) is 12.1. The quantitative estimate of drug-likeness (QED) is 0.822. The molecule has 1 unspecified atom stereocenters. The maximum atomic E-state index is 3.62. The smallest absolute Gasteiger partial charge is 0.0420 e. The van der Waals surface area contributed by atoms with Crippen LogP contribution in [0.25, 0.3) is 0 Å². The summed E-state index contributed by atoms with van der Waals surface area (Å²) in [6.07, 6.45) is 5.76. The van der Waals surface area contributed by atoms with Gasteiger partial charge in [0.15, 0.2) is 0 Å². The molecule has 1 fully saturated rings. The van der Waals surface area contributed by atoms with E-state index in [4.69, 9.17) is 0 Å². The third-order valence-electron chi connectivity index (χ3n) is 3.40. The minimum absolute atomic E-state index is 0.551. The van der Waals surface area contributed by atoms with Crippen molar-refractivity contribution in [3.63, 3.8) is 0 Å². The zero-order valence-corrected chi connectivity index (χ0v) is 12.5. The number of aryl methyl sites for hydroxylation is 1. The first-order valence-electron chi connectivity index (χ1n) is 6.69. The molecule has 1 aliphatic rings. The number of thioether (sulfide) groups is 1. The number of hydrogen-bond acceptors (Lipinski definition) is 3. The Labute approximate surface area is 113 Å². The monoisotopic (exact) mass is 269 g/mol. The van der Waals surface area contributed by atoms with Crippen molar-refractivity contribution in [1.82, 2.24) is 5.32 Å². The Hall–Kier alpha value is 0.0100. The minimum atomic E-state index is 0.551. The molecule has 1 aliphatic carbocycles. The fourth-order valence-corrected chi connectivity index (χ4v) is 4.65. The van der Waals surface area contributed by atoms with Gasteiger partial charge in [-0.3, -0.25) is 0 Å². The SMILES string of the molecule is CCNC(CSC1CCCC1)c1csc(C)c1. The molecule has 1 N–H and O–H groups in total. The van der Waals surface area contributed by atoms with Crippen LogP contribution in [0.5, 0.6) is 0 Å². The van der Waals surface area contributed by atoms with E-state index in [9.17, 15) is 0 Å². The van der Waals surface area contributed by atoms with Crippen LogP contribution < -0.4 is 5.32 Å². The molecular formula is C14H23NS2. The van der Waals surface area contributed by atoms with Crippen molar-refractivity contribution in [3.8, 4) is 0 Å². The minimum Gasteiger partial charge on any atom is -0.309 e. The highest BCUT2D eigenvalue weighted by molar-refractivity contribution is 7.99. The summed E-state index contributed by atoms with van der Waals surface area (Å²) in [6.45, 7) is 5.46. The highest BCUT2D eigenvalue weighted by Gasteiger charge is 2.18. The van der Waals surface area contributed by atoms with Gasteiger partial charge in [-0.1, -0.05) is 19.8 Å². The van der Waals surface area contributed by atoms with Gasteiger partial charge in [-0.15, -0.1) is 11.3 Å². The molecule has 0 spiro atoms. The number of rotatable bonds is 6. The van der Waals surface area contributed by atoms with Gasteiger partial charge >= 0.3 is 0 Å². The molecule has 1 atom stereocenters. The Balaban J connectivity index is 1.87. The molecule has 1 heterocycles. The lowest BCUT2D eigenvalue weighted by atomic mass is 10.2. The molecule has 0 aliphatic heterocycles. The molecule has 17 heavy (non-hydrogen) atoms. The fourth-order valence-electron chi connectivity index (χ4n) is 2.45. The first-order valence-corrected chi connectivity index (χ1v) is 8.62. The van der Waals surface area contributed by atoms with E-state index in [-0.39, 0.29) is 0 Å². The number of nitrogens with one attached hydrogen (secondary N) is 1. The predicted octanol–water partition coefficient (Wildman–Crippen LogP) is 4.38. The lowest BCUT2D eigenvalue weighted by molar-refractivity contribution is 0.606. The van der Waals surface area contributed by atoms with Crippen molar-refractivity contribution >= 4 is 23.1 Å². The van der Waals surface area contributed by atoms with Gasteiger partial charge in [0.25, 0.3) is 0 Å². The van der Waals surface area contributed by atoms with Crippen LogP contribution in [-0.4, -0.2) is 17.5 Å². The van der Waals surface area contributed by atoms with E-state index in [1.54, 1.807) is 0 Å². The van der Waals surface area contributed by atoms with Crippen LogP contribution in [0.2, 0.25) is 0 Å². The molecule has 2 rings (SSSR count). The van der Waals surface area contributed by atoms with Gasteiger partial charge in [0.05, 0.1) is 0 Å². The molecule has 0 saturated heterocycles. The number of thiophene rings is 1. The van der Waals surface area contributed by atoms with Crippen molar-refractivity contribution in [3.05, 3.63) is 21.9 Å². The second kappa shape index (κ2) is 6.81. The van der Waals surface area contributed by atoms with Crippen LogP contribution >= 0.6 is 23.1 Å². The summed E-state index contributed by atoms with van der Waals surface area (Å²) < 4.78 is 0. The Morgan fingerprint density at radius 1 is 1.47 bits per heavy atom. The van der Waals surface area contributed by atoms with Crippen molar-refractivity contribution in [2.75, 3.05) is 12.3 Å². The Morgan fingerprint density at radius 2 is 2.24 bits per heavy atom. The van der Waals surface area contributed by atoms with E-state index >= 15 is 0 Å². The van der Waals surface area contributed by atoms with Crippen molar-refractivity contribution in [2.45, 2.75) is 50.8 Å². The van der Waals surface area contributed by atoms with Crippen molar-refractivity contribution in [2.24, 2.45) is 0 Å². The molecule has 0 amide bonds. The van der Waals surface area contributed by atoms with Gasteiger partial charge in [0.1, 0.15) is 0 Å². The second-order valence-corrected chi connectivity index (χ2v) is 7.29. The third-order valence-corrected chi connectivity index (χ3v) is 5.75. The summed E-state index contributed by atoms with van der Waals surface area (Å²) in [4.78, 5) is 1.42. The lowest BCUT2D eigenvalue weighted by Gasteiger charge is -2.18. The van der Waals surface area contributed by atoms with Gasteiger partial charge < -0.3 is 5.32 Å². The van der Waals surface area contributed by atoms with Crippen molar-refractivity contribution in [1.29, 1.82) is 0 Å². The molecule has 0 aromatic carbocycles. The molecule has 3 heteroatoms. The molecular weight excluding hydrogens is 246 g/mol. The molecule has 1 aromatic heterocycles. The molecule has 96 valence electrons. The summed E-state index contributed by atoms with van der Waals surface area (Å²) in [5.41, 5.74) is 1.49. The van der Waals surface area contributed by atoms with E-state index in [0.717, 1.165) is 11.8 Å². The van der Waals surface area contributed by atoms with Gasteiger partial charge in [0.2, 0.25) is 0 Å². The summed E-state index contributed by atoms with van der Waals surface area (Å²) in [6, 6.07) is 2.89. The van der Waals surface area contributed by atoms with Crippen LogP contribution in [-0.2, 0) is 0 Å². The summed E-state index contributed by atoms with van der Waals surface area (Å²) in [5, 5.41) is 6.87. The largest absolute Gasteiger partial charge is 0.309 e. The Kier molecular flexibility index (Phi) is 5.39. The van der Waals surface area contributed by atoms with E-state index < -0.39 is 0 Å². The van der Waals surface area contributed by atoms with Crippen LogP contribution in [0.1, 0.15) is 49.1 Å². The summed E-state index contributed by atoms with van der Waals surface area (Å²) in [7, 11) is 0. The van der Waals surface area contributed by atoms with E-state index in [2.05, 4.69) is 42.4 Å². The second-order valence-electron chi connectivity index (χ2n) is 4.84. The molecule has 0 radical (unpaired) electrons. The molecule has 1 aromatic rings. The molecule has 0 bridgehead atoms. The lowest BCUT2D eigenvalue weighted by Crippen LogP contribution is -2.23. The van der Waals surface area contributed by atoms with Crippen LogP contribution in [0.15, 0.2) is 11.4 Å². The van der Waals surface area contributed by atoms with E-state index in [1.807, 2.05) is 11.3 Å². The average molecular weight is 269 g/mol. The van der Waals surface area contributed by atoms with Gasteiger partial charge in [0, 0.05) is 21.9 Å².